The predicted octanol–water partition coefficient (Wildman–Crippen LogP) is 1.08. The molecular weight excluding hydrogens is 142 g/mol. The zero-order chi connectivity index (χ0) is 8.48. The van der Waals surface area contributed by atoms with Crippen molar-refractivity contribution in [3.63, 3.8) is 0 Å². The molecule has 0 aromatic rings. The van der Waals surface area contributed by atoms with Gasteiger partial charge in [0.1, 0.15) is 0 Å². The minimum Gasteiger partial charge on any atom is -0.354 e. The number of hydrogen-bond donors (Lipinski definition) is 1. The SMILES string of the molecule is CC(=O)NC(C)CC1(C)N=N1. The lowest BCUT2D eigenvalue weighted by Gasteiger charge is -2.13. The molecule has 4 nitrogen and oxygen atoms in total. The molecule has 4 heteroatoms. The van der Waals surface area contributed by atoms with Crippen molar-refractivity contribution in [2.45, 2.75) is 38.9 Å². The van der Waals surface area contributed by atoms with Crippen molar-refractivity contribution in [1.29, 1.82) is 0 Å². The molecule has 1 atom stereocenters. The Balaban J connectivity index is 2.21. The van der Waals surface area contributed by atoms with Crippen LogP contribution in [0, 0.1) is 0 Å². The molecule has 0 spiro atoms. The summed E-state index contributed by atoms with van der Waals surface area (Å²) in [5.74, 6) is 0.00162. The first-order chi connectivity index (χ1) is 5.02. The van der Waals surface area contributed by atoms with Gasteiger partial charge >= 0.3 is 0 Å². The lowest BCUT2D eigenvalue weighted by atomic mass is 10.1. The van der Waals surface area contributed by atoms with Gasteiger partial charge in [0.2, 0.25) is 5.91 Å². The van der Waals surface area contributed by atoms with Gasteiger partial charge in [-0.05, 0) is 13.8 Å². The molecule has 0 radical (unpaired) electrons. The maximum atomic E-state index is 10.6. The molecule has 0 aromatic carbocycles. The maximum absolute atomic E-state index is 10.6. The normalized spacial score (nSPS) is 21.0. The van der Waals surface area contributed by atoms with E-state index in [1.54, 1.807) is 0 Å². The molecule has 1 amide bonds. The Hall–Kier alpha value is -0.930. The average Bonchev–Trinajstić information content (AvgIpc) is 2.44. The molecule has 0 saturated heterocycles. The zero-order valence-corrected chi connectivity index (χ0v) is 7.09. The Morgan fingerprint density at radius 1 is 1.64 bits per heavy atom. The summed E-state index contributed by atoms with van der Waals surface area (Å²) >= 11 is 0. The van der Waals surface area contributed by atoms with Gasteiger partial charge in [0, 0.05) is 19.4 Å². The molecule has 1 aliphatic heterocycles. The van der Waals surface area contributed by atoms with Gasteiger partial charge in [-0.15, -0.1) is 0 Å². The fraction of sp³-hybridized carbons (Fsp3) is 0.857. The van der Waals surface area contributed by atoms with Gasteiger partial charge in [0.15, 0.2) is 5.66 Å². The van der Waals surface area contributed by atoms with E-state index in [4.69, 9.17) is 0 Å². The Labute approximate surface area is 66.1 Å². The van der Waals surface area contributed by atoms with Crippen molar-refractivity contribution in [2.24, 2.45) is 10.2 Å². The highest BCUT2D eigenvalue weighted by Gasteiger charge is 2.35. The van der Waals surface area contributed by atoms with Crippen LogP contribution in [0.4, 0.5) is 0 Å². The van der Waals surface area contributed by atoms with Gasteiger partial charge in [-0.1, -0.05) is 0 Å². The summed E-state index contributed by atoms with van der Waals surface area (Å²) in [6.07, 6.45) is 0.798. The number of amides is 1. The van der Waals surface area contributed by atoms with Gasteiger partial charge in [-0.3, -0.25) is 4.79 Å². The van der Waals surface area contributed by atoms with Gasteiger partial charge in [0.25, 0.3) is 0 Å². The standard InChI is InChI=1S/C7H13N3O/c1-5(8-6(2)11)4-7(3)9-10-7/h5H,4H2,1-3H3,(H,8,11). The lowest BCUT2D eigenvalue weighted by Crippen LogP contribution is -2.33. The van der Waals surface area contributed by atoms with Crippen LogP contribution in [0.25, 0.3) is 0 Å². The molecule has 0 aromatic heterocycles. The quantitative estimate of drug-likeness (QED) is 0.651. The van der Waals surface area contributed by atoms with E-state index in [0.29, 0.717) is 0 Å². The Morgan fingerprint density at radius 2 is 2.18 bits per heavy atom. The first kappa shape index (κ1) is 8.17. The summed E-state index contributed by atoms with van der Waals surface area (Å²) in [6.45, 7) is 5.42. The van der Waals surface area contributed by atoms with Crippen LogP contribution in [0.5, 0.6) is 0 Å². The Kier molecular flexibility index (Phi) is 1.93. The summed E-state index contributed by atoms with van der Waals surface area (Å²) in [5.41, 5.74) is -0.206. The maximum Gasteiger partial charge on any atom is 0.217 e. The summed E-state index contributed by atoms with van der Waals surface area (Å²) < 4.78 is 0. The van der Waals surface area contributed by atoms with Crippen LogP contribution in [0.2, 0.25) is 0 Å². The second-order valence-electron chi connectivity index (χ2n) is 3.22. The van der Waals surface area contributed by atoms with Crippen LogP contribution < -0.4 is 5.32 Å². The van der Waals surface area contributed by atoms with Crippen LogP contribution >= 0.6 is 0 Å². The number of hydrogen-bond acceptors (Lipinski definition) is 3. The topological polar surface area (TPSA) is 53.8 Å². The fourth-order valence-corrected chi connectivity index (χ4v) is 1.15. The lowest BCUT2D eigenvalue weighted by molar-refractivity contribution is -0.119. The minimum atomic E-state index is -0.206. The van der Waals surface area contributed by atoms with Gasteiger partial charge in [-0.25, -0.2) is 0 Å². The number of rotatable bonds is 3. The van der Waals surface area contributed by atoms with Crippen LogP contribution in [-0.4, -0.2) is 17.6 Å². The van der Waals surface area contributed by atoms with E-state index < -0.39 is 0 Å². The monoisotopic (exact) mass is 155 g/mol. The molecule has 0 fully saturated rings. The molecule has 0 aliphatic carbocycles. The molecule has 0 bridgehead atoms. The number of carbonyl (C=O) groups excluding carboxylic acids is 1. The predicted molar refractivity (Wildman–Crippen MR) is 41.2 cm³/mol. The third-order valence-electron chi connectivity index (χ3n) is 1.58. The average molecular weight is 155 g/mol. The van der Waals surface area contributed by atoms with Crippen molar-refractivity contribution in [3.05, 3.63) is 0 Å². The van der Waals surface area contributed by atoms with Gasteiger partial charge < -0.3 is 5.32 Å². The minimum absolute atomic E-state index is 0.00162. The molecule has 1 N–H and O–H groups in total. The summed E-state index contributed by atoms with van der Waals surface area (Å²) in [4.78, 5) is 10.6. The highest BCUT2D eigenvalue weighted by molar-refractivity contribution is 5.73. The largest absolute Gasteiger partial charge is 0.354 e. The highest BCUT2D eigenvalue weighted by atomic mass is 16.1. The molecule has 1 heterocycles. The fourth-order valence-electron chi connectivity index (χ4n) is 1.15. The Bertz CT molecular complexity index is 194. The molecule has 62 valence electrons. The summed E-state index contributed by atoms with van der Waals surface area (Å²) in [7, 11) is 0. The number of nitrogens with one attached hydrogen (secondary N) is 1. The third kappa shape index (κ3) is 2.65. The smallest absolute Gasteiger partial charge is 0.217 e. The van der Waals surface area contributed by atoms with E-state index in [0.717, 1.165) is 6.42 Å². The van der Waals surface area contributed by atoms with E-state index in [9.17, 15) is 4.79 Å². The molecule has 1 rings (SSSR count). The van der Waals surface area contributed by atoms with Crippen molar-refractivity contribution in [2.75, 3.05) is 0 Å². The van der Waals surface area contributed by atoms with Crippen LogP contribution in [-0.2, 0) is 4.79 Å². The summed E-state index contributed by atoms with van der Waals surface area (Å²) in [5, 5.41) is 10.5. The molecule has 0 saturated carbocycles. The zero-order valence-electron chi connectivity index (χ0n) is 7.09. The van der Waals surface area contributed by atoms with E-state index in [1.807, 2.05) is 13.8 Å². The first-order valence-electron chi connectivity index (χ1n) is 3.73. The van der Waals surface area contributed by atoms with Crippen molar-refractivity contribution in [1.82, 2.24) is 5.32 Å². The van der Waals surface area contributed by atoms with E-state index in [1.165, 1.54) is 6.92 Å². The van der Waals surface area contributed by atoms with Crippen LogP contribution in [0.1, 0.15) is 27.2 Å². The van der Waals surface area contributed by atoms with Crippen LogP contribution in [0.15, 0.2) is 10.2 Å². The van der Waals surface area contributed by atoms with E-state index >= 15 is 0 Å². The number of nitrogens with zero attached hydrogens (tertiary/aromatic N) is 2. The van der Waals surface area contributed by atoms with Crippen LogP contribution in [0.3, 0.4) is 0 Å². The molecule has 1 unspecified atom stereocenters. The first-order valence-corrected chi connectivity index (χ1v) is 3.73. The Morgan fingerprint density at radius 3 is 2.55 bits per heavy atom. The summed E-state index contributed by atoms with van der Waals surface area (Å²) in [6, 6.07) is 0.160. The number of carbonyl (C=O) groups is 1. The molecule has 1 aliphatic rings. The van der Waals surface area contributed by atoms with Gasteiger partial charge in [-0.2, -0.15) is 10.2 Å². The van der Waals surface area contributed by atoms with E-state index in [2.05, 4.69) is 15.5 Å². The van der Waals surface area contributed by atoms with Gasteiger partial charge in [0.05, 0.1) is 0 Å². The molecular formula is C7H13N3O. The van der Waals surface area contributed by atoms with E-state index in [-0.39, 0.29) is 17.6 Å². The van der Waals surface area contributed by atoms with Crippen molar-refractivity contribution >= 4 is 5.91 Å². The second kappa shape index (κ2) is 2.60. The van der Waals surface area contributed by atoms with Crippen molar-refractivity contribution in [3.8, 4) is 0 Å². The van der Waals surface area contributed by atoms with Crippen molar-refractivity contribution < 1.29 is 4.79 Å². The highest BCUT2D eigenvalue weighted by Crippen LogP contribution is 2.31. The second-order valence-corrected chi connectivity index (χ2v) is 3.22. The third-order valence-corrected chi connectivity index (χ3v) is 1.58. The molecule has 11 heavy (non-hydrogen) atoms.